The van der Waals surface area contributed by atoms with E-state index < -0.39 is 0 Å². The lowest BCUT2D eigenvalue weighted by atomic mass is 10.1. The molecule has 1 fully saturated rings. The summed E-state index contributed by atoms with van der Waals surface area (Å²) in [4.78, 5) is 24.4. The topological polar surface area (TPSA) is 58.2 Å². The first-order chi connectivity index (χ1) is 12.7. The predicted octanol–water partition coefficient (Wildman–Crippen LogP) is 3.72. The molecule has 0 saturated heterocycles. The van der Waals surface area contributed by atoms with Gasteiger partial charge in [0.05, 0.1) is 0 Å². The van der Waals surface area contributed by atoms with E-state index in [1.165, 1.54) is 18.4 Å². The largest absolute Gasteiger partial charge is 0.352 e. The van der Waals surface area contributed by atoms with E-state index in [1.807, 2.05) is 18.2 Å². The highest BCUT2D eigenvalue weighted by Crippen LogP contribution is 2.18. The number of aryl methyl sites for hydroxylation is 1. The average molecular weight is 350 g/mol. The van der Waals surface area contributed by atoms with Crippen LogP contribution in [0.4, 0.5) is 0 Å². The van der Waals surface area contributed by atoms with Crippen LogP contribution < -0.4 is 10.6 Å². The normalized spacial score (nSPS) is 14.2. The SMILES string of the molecule is O=C(NCCCc1ccccc1)c1ccc(C(=O)NC2CCCC2)cc1. The lowest BCUT2D eigenvalue weighted by molar-refractivity contribution is 0.0931. The van der Waals surface area contributed by atoms with Gasteiger partial charge in [-0.05, 0) is 55.5 Å². The fourth-order valence-electron chi connectivity index (χ4n) is 3.35. The number of rotatable bonds is 7. The van der Waals surface area contributed by atoms with E-state index in [9.17, 15) is 9.59 Å². The van der Waals surface area contributed by atoms with Crippen LogP contribution in [0.25, 0.3) is 0 Å². The van der Waals surface area contributed by atoms with E-state index in [4.69, 9.17) is 0 Å². The van der Waals surface area contributed by atoms with Crippen LogP contribution in [-0.2, 0) is 6.42 Å². The van der Waals surface area contributed by atoms with Crippen molar-refractivity contribution in [2.45, 2.75) is 44.6 Å². The molecule has 26 heavy (non-hydrogen) atoms. The highest BCUT2D eigenvalue weighted by atomic mass is 16.2. The monoisotopic (exact) mass is 350 g/mol. The maximum absolute atomic E-state index is 12.2. The van der Waals surface area contributed by atoms with Crippen molar-refractivity contribution in [2.24, 2.45) is 0 Å². The second kappa shape index (κ2) is 9.18. The zero-order valence-electron chi connectivity index (χ0n) is 15.0. The molecule has 2 aromatic rings. The number of carbonyl (C=O) groups is 2. The third-order valence-electron chi connectivity index (χ3n) is 4.87. The highest BCUT2D eigenvalue weighted by Gasteiger charge is 2.18. The van der Waals surface area contributed by atoms with E-state index in [1.54, 1.807) is 24.3 Å². The lowest BCUT2D eigenvalue weighted by Crippen LogP contribution is -2.32. The van der Waals surface area contributed by atoms with Gasteiger partial charge in [-0.1, -0.05) is 43.2 Å². The van der Waals surface area contributed by atoms with Crippen molar-refractivity contribution in [3.63, 3.8) is 0 Å². The molecule has 1 saturated carbocycles. The summed E-state index contributed by atoms with van der Waals surface area (Å²) in [5.74, 6) is -0.146. The number of benzene rings is 2. The maximum Gasteiger partial charge on any atom is 0.251 e. The van der Waals surface area contributed by atoms with Crippen molar-refractivity contribution in [2.75, 3.05) is 6.54 Å². The lowest BCUT2D eigenvalue weighted by Gasteiger charge is -2.12. The Balaban J connectivity index is 1.43. The van der Waals surface area contributed by atoms with Crippen LogP contribution in [0.5, 0.6) is 0 Å². The second-order valence-electron chi connectivity index (χ2n) is 6.88. The van der Waals surface area contributed by atoms with Gasteiger partial charge in [0.2, 0.25) is 0 Å². The molecule has 1 aliphatic carbocycles. The van der Waals surface area contributed by atoms with Gasteiger partial charge in [0.15, 0.2) is 0 Å². The van der Waals surface area contributed by atoms with E-state index in [-0.39, 0.29) is 11.8 Å². The van der Waals surface area contributed by atoms with E-state index in [0.29, 0.717) is 23.7 Å². The quantitative estimate of drug-likeness (QED) is 0.748. The van der Waals surface area contributed by atoms with Crippen LogP contribution in [0, 0.1) is 0 Å². The zero-order chi connectivity index (χ0) is 18.2. The maximum atomic E-state index is 12.2. The van der Waals surface area contributed by atoms with Gasteiger partial charge in [0.1, 0.15) is 0 Å². The molecule has 3 rings (SSSR count). The summed E-state index contributed by atoms with van der Waals surface area (Å²) < 4.78 is 0. The summed E-state index contributed by atoms with van der Waals surface area (Å²) >= 11 is 0. The third-order valence-corrected chi connectivity index (χ3v) is 4.87. The smallest absolute Gasteiger partial charge is 0.251 e. The first-order valence-corrected chi connectivity index (χ1v) is 9.45. The number of nitrogens with one attached hydrogen (secondary N) is 2. The molecule has 0 heterocycles. The van der Waals surface area contributed by atoms with Crippen LogP contribution in [-0.4, -0.2) is 24.4 Å². The van der Waals surface area contributed by atoms with Crippen LogP contribution in [0.1, 0.15) is 58.4 Å². The summed E-state index contributed by atoms with van der Waals surface area (Å²) in [5.41, 5.74) is 2.47. The first-order valence-electron chi connectivity index (χ1n) is 9.45. The molecule has 136 valence electrons. The standard InChI is InChI=1S/C22H26N2O2/c25-21(23-16-6-9-17-7-2-1-3-8-17)18-12-14-19(15-13-18)22(26)24-20-10-4-5-11-20/h1-3,7-8,12-15,20H,4-6,9-11,16H2,(H,23,25)(H,24,26). The molecule has 0 aliphatic heterocycles. The minimum Gasteiger partial charge on any atom is -0.352 e. The fraction of sp³-hybridized carbons (Fsp3) is 0.364. The number of carbonyl (C=O) groups excluding carboxylic acids is 2. The Kier molecular flexibility index (Phi) is 6.42. The number of amides is 2. The molecule has 2 aromatic carbocycles. The Morgan fingerprint density at radius 3 is 2.12 bits per heavy atom. The fourth-order valence-corrected chi connectivity index (χ4v) is 3.35. The zero-order valence-corrected chi connectivity index (χ0v) is 15.0. The van der Waals surface area contributed by atoms with E-state index >= 15 is 0 Å². The molecule has 0 unspecified atom stereocenters. The van der Waals surface area contributed by atoms with Gasteiger partial charge in [-0.15, -0.1) is 0 Å². The molecule has 0 atom stereocenters. The molecule has 1 aliphatic rings. The molecule has 2 N–H and O–H groups in total. The van der Waals surface area contributed by atoms with Crippen molar-refractivity contribution in [3.05, 3.63) is 71.3 Å². The summed E-state index contributed by atoms with van der Waals surface area (Å²) in [6, 6.07) is 17.4. The van der Waals surface area contributed by atoms with Crippen molar-refractivity contribution in [1.82, 2.24) is 10.6 Å². The molecule has 0 aromatic heterocycles. The summed E-state index contributed by atoms with van der Waals surface area (Å²) in [5, 5.41) is 6.00. The molecule has 2 amide bonds. The van der Waals surface area contributed by atoms with Gasteiger partial charge in [0.25, 0.3) is 11.8 Å². The first kappa shape index (κ1) is 18.2. The molecule has 4 nitrogen and oxygen atoms in total. The molecule has 0 bridgehead atoms. The Morgan fingerprint density at radius 2 is 1.46 bits per heavy atom. The third kappa shape index (κ3) is 5.19. The van der Waals surface area contributed by atoms with Crippen LogP contribution >= 0.6 is 0 Å². The van der Waals surface area contributed by atoms with Crippen molar-refractivity contribution in [1.29, 1.82) is 0 Å². The number of hydrogen-bond donors (Lipinski definition) is 2. The van der Waals surface area contributed by atoms with Gasteiger partial charge < -0.3 is 10.6 Å². The van der Waals surface area contributed by atoms with Crippen LogP contribution in [0.2, 0.25) is 0 Å². The summed E-state index contributed by atoms with van der Waals surface area (Å²) in [6.07, 6.45) is 6.35. The van der Waals surface area contributed by atoms with Crippen molar-refractivity contribution in [3.8, 4) is 0 Å². The molecular weight excluding hydrogens is 324 g/mol. The predicted molar refractivity (Wildman–Crippen MR) is 103 cm³/mol. The van der Waals surface area contributed by atoms with Gasteiger partial charge in [0, 0.05) is 23.7 Å². The highest BCUT2D eigenvalue weighted by molar-refractivity contribution is 5.97. The van der Waals surface area contributed by atoms with E-state index in [0.717, 1.165) is 25.7 Å². The van der Waals surface area contributed by atoms with Gasteiger partial charge in [-0.2, -0.15) is 0 Å². The average Bonchev–Trinajstić information content (AvgIpc) is 3.19. The minimum absolute atomic E-state index is 0.0493. The van der Waals surface area contributed by atoms with Crippen LogP contribution in [0.15, 0.2) is 54.6 Å². The Hall–Kier alpha value is -2.62. The van der Waals surface area contributed by atoms with Gasteiger partial charge >= 0.3 is 0 Å². The van der Waals surface area contributed by atoms with Crippen LogP contribution in [0.3, 0.4) is 0 Å². The van der Waals surface area contributed by atoms with E-state index in [2.05, 4.69) is 22.8 Å². The number of hydrogen-bond acceptors (Lipinski definition) is 2. The molecule has 4 heteroatoms. The van der Waals surface area contributed by atoms with Gasteiger partial charge in [-0.3, -0.25) is 9.59 Å². The molecule has 0 radical (unpaired) electrons. The second-order valence-corrected chi connectivity index (χ2v) is 6.88. The van der Waals surface area contributed by atoms with Crippen molar-refractivity contribution >= 4 is 11.8 Å². The Morgan fingerprint density at radius 1 is 0.846 bits per heavy atom. The molecule has 0 spiro atoms. The minimum atomic E-state index is -0.0965. The summed E-state index contributed by atoms with van der Waals surface area (Å²) in [7, 11) is 0. The Bertz CT molecular complexity index is 720. The Labute approximate surface area is 155 Å². The van der Waals surface area contributed by atoms with Crippen molar-refractivity contribution < 1.29 is 9.59 Å². The summed E-state index contributed by atoms with van der Waals surface area (Å²) in [6.45, 7) is 0.637. The van der Waals surface area contributed by atoms with Gasteiger partial charge in [-0.25, -0.2) is 0 Å². The molecular formula is C22H26N2O2.